The number of carbonyl (C=O) groups excluding carboxylic acids is 1. The maximum Gasteiger partial charge on any atom is 0.228 e. The van der Waals surface area contributed by atoms with E-state index in [1.54, 1.807) is 17.4 Å². The van der Waals surface area contributed by atoms with E-state index in [4.69, 9.17) is 4.98 Å². The third-order valence-corrected chi connectivity index (χ3v) is 6.02. The van der Waals surface area contributed by atoms with Gasteiger partial charge >= 0.3 is 0 Å². The number of anilines is 1. The molecule has 26 heavy (non-hydrogen) atoms. The molecule has 0 aliphatic heterocycles. The highest BCUT2D eigenvalue weighted by Gasteiger charge is 2.32. The van der Waals surface area contributed by atoms with Crippen LogP contribution in [-0.2, 0) is 4.79 Å². The third-order valence-electron chi connectivity index (χ3n) is 4.85. The Bertz CT molecular complexity index is 962. The predicted octanol–water partition coefficient (Wildman–Crippen LogP) is 5.43. The molecule has 2 unspecified atom stereocenters. The predicted molar refractivity (Wildman–Crippen MR) is 104 cm³/mol. The maximum absolute atomic E-state index is 13.5. The Morgan fingerprint density at radius 3 is 2.85 bits per heavy atom. The van der Waals surface area contributed by atoms with Gasteiger partial charge in [0.25, 0.3) is 0 Å². The fraction of sp³-hybridized carbons (Fsp3) is 0.238. The number of benzene rings is 2. The van der Waals surface area contributed by atoms with Crippen LogP contribution in [0.3, 0.4) is 0 Å². The largest absolute Gasteiger partial charge is 0.325 e. The average Bonchev–Trinajstić information content (AvgIpc) is 3.09. The van der Waals surface area contributed by atoms with E-state index >= 15 is 0 Å². The van der Waals surface area contributed by atoms with Gasteiger partial charge in [0.15, 0.2) is 0 Å². The van der Waals surface area contributed by atoms with Crippen molar-refractivity contribution >= 4 is 33.1 Å². The minimum atomic E-state index is -0.350. The summed E-state index contributed by atoms with van der Waals surface area (Å²) in [5.74, 6) is -0.584. The number of hydrogen-bond acceptors (Lipinski definition) is 3. The Hall–Kier alpha value is -2.53. The van der Waals surface area contributed by atoms with Gasteiger partial charge in [-0.3, -0.25) is 4.79 Å². The zero-order chi connectivity index (χ0) is 18.1. The molecule has 0 radical (unpaired) electrons. The molecule has 1 aliphatic carbocycles. The Morgan fingerprint density at radius 1 is 1.19 bits per heavy atom. The van der Waals surface area contributed by atoms with E-state index in [-0.39, 0.29) is 23.6 Å². The summed E-state index contributed by atoms with van der Waals surface area (Å²) in [5, 5.41) is 3.91. The average molecular weight is 366 g/mol. The van der Waals surface area contributed by atoms with E-state index in [9.17, 15) is 9.18 Å². The van der Waals surface area contributed by atoms with Crippen molar-refractivity contribution in [1.82, 2.24) is 4.98 Å². The van der Waals surface area contributed by atoms with Crippen molar-refractivity contribution in [3.05, 3.63) is 71.0 Å². The first kappa shape index (κ1) is 16.9. The number of allylic oxidation sites excluding steroid dienone is 2. The van der Waals surface area contributed by atoms with Gasteiger partial charge in [0, 0.05) is 11.6 Å². The molecule has 1 amide bonds. The number of nitrogens with zero attached hydrogens (tertiary/aromatic N) is 1. The normalized spacial score (nSPS) is 19.6. The SMILES string of the molecule is Cc1ccc(F)cc1NC(=O)C1CC=CCC1c1nc2ccccc2s1. The number of aromatic nitrogens is 1. The van der Waals surface area contributed by atoms with Crippen molar-refractivity contribution < 1.29 is 9.18 Å². The van der Waals surface area contributed by atoms with Crippen LogP contribution >= 0.6 is 11.3 Å². The number of carbonyl (C=O) groups is 1. The number of amides is 1. The van der Waals surface area contributed by atoms with Crippen molar-refractivity contribution in [1.29, 1.82) is 0 Å². The molecule has 0 saturated heterocycles. The fourth-order valence-corrected chi connectivity index (χ4v) is 4.53. The van der Waals surface area contributed by atoms with E-state index in [0.29, 0.717) is 12.1 Å². The quantitative estimate of drug-likeness (QED) is 0.628. The van der Waals surface area contributed by atoms with Crippen LogP contribution in [0.5, 0.6) is 0 Å². The third kappa shape index (κ3) is 3.27. The summed E-state index contributed by atoms with van der Waals surface area (Å²) in [6.07, 6.45) is 5.63. The van der Waals surface area contributed by atoms with Gasteiger partial charge < -0.3 is 5.32 Å². The summed E-state index contributed by atoms with van der Waals surface area (Å²) in [6.45, 7) is 1.86. The summed E-state index contributed by atoms with van der Waals surface area (Å²) in [6, 6.07) is 12.5. The molecule has 2 atom stereocenters. The molecule has 4 rings (SSSR count). The Kier molecular flexibility index (Phi) is 4.55. The molecule has 3 aromatic rings. The van der Waals surface area contributed by atoms with Crippen LogP contribution in [0.15, 0.2) is 54.6 Å². The highest BCUT2D eigenvalue weighted by Crippen LogP contribution is 2.39. The number of thiazole rings is 1. The lowest BCUT2D eigenvalue weighted by Gasteiger charge is -2.26. The number of halogens is 1. The lowest BCUT2D eigenvalue weighted by atomic mass is 9.82. The molecule has 1 heterocycles. The van der Waals surface area contributed by atoms with E-state index in [1.165, 1.54) is 12.1 Å². The summed E-state index contributed by atoms with van der Waals surface area (Å²) in [4.78, 5) is 17.7. The van der Waals surface area contributed by atoms with E-state index in [0.717, 1.165) is 27.2 Å². The summed E-state index contributed by atoms with van der Waals surface area (Å²) in [5.41, 5.74) is 2.36. The number of hydrogen-bond donors (Lipinski definition) is 1. The van der Waals surface area contributed by atoms with Gasteiger partial charge in [-0.2, -0.15) is 0 Å². The van der Waals surface area contributed by atoms with Crippen molar-refractivity contribution in [3.63, 3.8) is 0 Å². The van der Waals surface area contributed by atoms with Crippen molar-refractivity contribution in [2.75, 3.05) is 5.32 Å². The zero-order valence-corrected chi connectivity index (χ0v) is 15.2. The smallest absolute Gasteiger partial charge is 0.228 e. The first-order valence-electron chi connectivity index (χ1n) is 8.69. The molecule has 1 aromatic heterocycles. The van der Waals surface area contributed by atoms with Gasteiger partial charge in [-0.25, -0.2) is 9.37 Å². The van der Waals surface area contributed by atoms with E-state index in [1.807, 2.05) is 31.2 Å². The Balaban J connectivity index is 1.61. The Labute approximate surface area is 155 Å². The molecule has 1 aliphatic rings. The second-order valence-electron chi connectivity index (χ2n) is 6.62. The second kappa shape index (κ2) is 7.00. The molecule has 0 bridgehead atoms. The molecule has 0 fully saturated rings. The summed E-state index contributed by atoms with van der Waals surface area (Å²) >= 11 is 1.65. The monoisotopic (exact) mass is 366 g/mol. The topological polar surface area (TPSA) is 42.0 Å². The van der Waals surface area contributed by atoms with Crippen molar-refractivity contribution in [3.8, 4) is 0 Å². The number of nitrogens with one attached hydrogen (secondary N) is 1. The second-order valence-corrected chi connectivity index (χ2v) is 7.69. The first-order valence-corrected chi connectivity index (χ1v) is 9.51. The molecule has 0 saturated carbocycles. The zero-order valence-electron chi connectivity index (χ0n) is 14.4. The van der Waals surface area contributed by atoms with E-state index < -0.39 is 0 Å². The van der Waals surface area contributed by atoms with Gasteiger partial charge in [0.05, 0.1) is 21.1 Å². The van der Waals surface area contributed by atoms with Crippen LogP contribution in [0.1, 0.15) is 29.3 Å². The van der Waals surface area contributed by atoms with Gasteiger partial charge in [-0.1, -0.05) is 30.4 Å². The first-order chi connectivity index (χ1) is 12.6. The standard InChI is InChI=1S/C21H19FN2OS/c1-13-10-11-14(22)12-18(13)23-20(25)15-6-2-3-7-16(15)21-24-17-8-4-5-9-19(17)26-21/h2-5,8-12,15-16H,6-7H2,1H3,(H,23,25). The van der Waals surface area contributed by atoms with Gasteiger partial charge in [-0.05, 0) is 49.6 Å². The highest BCUT2D eigenvalue weighted by molar-refractivity contribution is 7.18. The van der Waals surface area contributed by atoms with Crippen LogP contribution in [0, 0.1) is 18.7 Å². The highest BCUT2D eigenvalue weighted by atomic mass is 32.1. The molecule has 132 valence electrons. The van der Waals surface area contributed by atoms with Crippen LogP contribution in [0.4, 0.5) is 10.1 Å². The lowest BCUT2D eigenvalue weighted by Crippen LogP contribution is -2.29. The van der Waals surface area contributed by atoms with Crippen molar-refractivity contribution in [2.45, 2.75) is 25.7 Å². The number of rotatable bonds is 3. The minimum absolute atomic E-state index is 0.0475. The fourth-order valence-electron chi connectivity index (χ4n) is 3.38. The van der Waals surface area contributed by atoms with Crippen LogP contribution in [0.25, 0.3) is 10.2 Å². The molecule has 0 spiro atoms. The van der Waals surface area contributed by atoms with E-state index in [2.05, 4.69) is 17.5 Å². The molecule has 1 N–H and O–H groups in total. The Morgan fingerprint density at radius 2 is 2.00 bits per heavy atom. The molecule has 5 heteroatoms. The molecular formula is C21H19FN2OS. The van der Waals surface area contributed by atoms with Gasteiger partial charge in [-0.15, -0.1) is 11.3 Å². The summed E-state index contributed by atoms with van der Waals surface area (Å²) in [7, 11) is 0. The van der Waals surface area contributed by atoms with Gasteiger partial charge in [0.1, 0.15) is 5.82 Å². The lowest BCUT2D eigenvalue weighted by molar-refractivity contribution is -0.120. The van der Waals surface area contributed by atoms with Crippen LogP contribution in [0.2, 0.25) is 0 Å². The maximum atomic E-state index is 13.5. The van der Waals surface area contributed by atoms with Crippen LogP contribution < -0.4 is 5.32 Å². The number of fused-ring (bicyclic) bond motifs is 1. The summed E-state index contributed by atoms with van der Waals surface area (Å²) < 4.78 is 14.7. The molecular weight excluding hydrogens is 347 g/mol. The van der Waals surface area contributed by atoms with Crippen LogP contribution in [-0.4, -0.2) is 10.9 Å². The molecule has 3 nitrogen and oxygen atoms in total. The van der Waals surface area contributed by atoms with Crippen molar-refractivity contribution in [2.24, 2.45) is 5.92 Å². The molecule has 2 aromatic carbocycles. The van der Waals surface area contributed by atoms with Gasteiger partial charge in [0.2, 0.25) is 5.91 Å². The number of aryl methyl sites for hydroxylation is 1. The minimum Gasteiger partial charge on any atom is -0.325 e. The number of para-hydroxylation sites is 1.